The van der Waals surface area contributed by atoms with Gasteiger partial charge < -0.3 is 25.0 Å². The van der Waals surface area contributed by atoms with Crippen LogP contribution in [0.4, 0.5) is 0 Å². The molecule has 0 aliphatic carbocycles. The second kappa shape index (κ2) is 5.77. The van der Waals surface area contributed by atoms with Gasteiger partial charge in [0.15, 0.2) is 11.5 Å². The summed E-state index contributed by atoms with van der Waals surface area (Å²) in [5, 5.41) is 21.3. The van der Waals surface area contributed by atoms with Crippen LogP contribution < -0.4 is 14.8 Å². The molecule has 0 spiro atoms. The van der Waals surface area contributed by atoms with Gasteiger partial charge in [0.2, 0.25) is 6.79 Å². The summed E-state index contributed by atoms with van der Waals surface area (Å²) in [6.45, 7) is 4.97. The third-order valence-electron chi connectivity index (χ3n) is 3.43. The third-order valence-corrected chi connectivity index (χ3v) is 3.43. The first-order valence-electron chi connectivity index (χ1n) is 6.42. The van der Waals surface area contributed by atoms with Gasteiger partial charge in [0.25, 0.3) is 0 Å². The smallest absolute Gasteiger partial charge is 0.231 e. The van der Waals surface area contributed by atoms with E-state index in [1.807, 2.05) is 18.2 Å². The van der Waals surface area contributed by atoms with Crippen LogP contribution in [0.25, 0.3) is 0 Å². The van der Waals surface area contributed by atoms with Crippen LogP contribution in [0.15, 0.2) is 18.2 Å². The molecule has 1 aliphatic heterocycles. The van der Waals surface area contributed by atoms with Crippen molar-refractivity contribution in [3.8, 4) is 11.5 Å². The summed E-state index contributed by atoms with van der Waals surface area (Å²) >= 11 is 0. The van der Waals surface area contributed by atoms with Gasteiger partial charge in [0, 0.05) is 12.0 Å². The number of nitrogens with one attached hydrogen (secondary N) is 1. The maximum absolute atomic E-state index is 9.06. The maximum atomic E-state index is 9.06. The number of benzene rings is 1. The topological polar surface area (TPSA) is 71.0 Å². The predicted molar refractivity (Wildman–Crippen MR) is 71.6 cm³/mol. The quantitative estimate of drug-likeness (QED) is 0.705. The summed E-state index contributed by atoms with van der Waals surface area (Å²) in [5.74, 6) is 1.54. The van der Waals surface area contributed by atoms with Crippen molar-refractivity contribution >= 4 is 0 Å². The van der Waals surface area contributed by atoms with Crippen molar-refractivity contribution in [2.45, 2.75) is 25.3 Å². The monoisotopic (exact) mass is 267 g/mol. The van der Waals surface area contributed by atoms with Gasteiger partial charge in [-0.1, -0.05) is 19.9 Å². The molecule has 0 saturated heterocycles. The molecule has 1 heterocycles. The molecule has 2 rings (SSSR count). The maximum Gasteiger partial charge on any atom is 0.231 e. The fraction of sp³-hybridized carbons (Fsp3) is 0.571. The van der Waals surface area contributed by atoms with Crippen LogP contribution in [-0.2, 0) is 5.41 Å². The highest BCUT2D eigenvalue weighted by atomic mass is 16.7. The predicted octanol–water partition coefficient (Wildman–Crippen LogP) is 0.636. The zero-order valence-electron chi connectivity index (χ0n) is 11.3. The standard InChI is InChI=1S/C14H21NO4/c1-14(2,8-15-11(6-16)7-17)10-3-4-12-13(5-10)19-9-18-12/h3-5,11,15-17H,6-9H2,1-2H3. The van der Waals surface area contributed by atoms with Crippen LogP contribution in [0.2, 0.25) is 0 Å². The second-order valence-corrected chi connectivity index (χ2v) is 5.39. The molecule has 0 radical (unpaired) electrons. The van der Waals surface area contributed by atoms with Gasteiger partial charge >= 0.3 is 0 Å². The van der Waals surface area contributed by atoms with E-state index in [-0.39, 0.29) is 31.5 Å². The Hall–Kier alpha value is -1.30. The zero-order chi connectivity index (χ0) is 13.9. The van der Waals surface area contributed by atoms with Gasteiger partial charge in [0.1, 0.15) is 0 Å². The zero-order valence-corrected chi connectivity index (χ0v) is 11.3. The fourth-order valence-electron chi connectivity index (χ4n) is 2.01. The van der Waals surface area contributed by atoms with E-state index in [4.69, 9.17) is 19.7 Å². The molecule has 0 bridgehead atoms. The molecule has 19 heavy (non-hydrogen) atoms. The lowest BCUT2D eigenvalue weighted by Gasteiger charge is -2.28. The van der Waals surface area contributed by atoms with Crippen molar-refractivity contribution in [1.82, 2.24) is 5.32 Å². The summed E-state index contributed by atoms with van der Waals surface area (Å²) in [4.78, 5) is 0. The molecular weight excluding hydrogens is 246 g/mol. The molecule has 0 unspecified atom stereocenters. The minimum Gasteiger partial charge on any atom is -0.454 e. The van der Waals surface area contributed by atoms with Crippen LogP contribution >= 0.6 is 0 Å². The average molecular weight is 267 g/mol. The summed E-state index contributed by atoms with van der Waals surface area (Å²) in [7, 11) is 0. The van der Waals surface area contributed by atoms with E-state index in [2.05, 4.69) is 19.2 Å². The Morgan fingerprint density at radius 3 is 2.58 bits per heavy atom. The Morgan fingerprint density at radius 1 is 1.21 bits per heavy atom. The van der Waals surface area contributed by atoms with Crippen molar-refractivity contribution in [3.63, 3.8) is 0 Å². The fourth-order valence-corrected chi connectivity index (χ4v) is 2.01. The number of fused-ring (bicyclic) bond motifs is 1. The Kier molecular flexibility index (Phi) is 4.29. The van der Waals surface area contributed by atoms with Crippen molar-refractivity contribution in [3.05, 3.63) is 23.8 Å². The Labute approximate surface area is 113 Å². The molecule has 0 atom stereocenters. The summed E-state index contributed by atoms with van der Waals surface area (Å²) in [5.41, 5.74) is 0.989. The lowest BCUT2D eigenvalue weighted by Crippen LogP contribution is -2.42. The number of aliphatic hydroxyl groups is 2. The van der Waals surface area contributed by atoms with Crippen LogP contribution in [0.5, 0.6) is 11.5 Å². The van der Waals surface area contributed by atoms with Gasteiger partial charge in [-0.15, -0.1) is 0 Å². The lowest BCUT2D eigenvalue weighted by atomic mass is 9.84. The van der Waals surface area contributed by atoms with Crippen LogP contribution in [0.3, 0.4) is 0 Å². The van der Waals surface area contributed by atoms with Crippen molar-refractivity contribution < 1.29 is 19.7 Å². The minimum atomic E-state index is -0.284. The number of rotatable bonds is 6. The molecule has 5 nitrogen and oxygen atoms in total. The van der Waals surface area contributed by atoms with Gasteiger partial charge in [-0.25, -0.2) is 0 Å². The van der Waals surface area contributed by atoms with E-state index >= 15 is 0 Å². The molecule has 3 N–H and O–H groups in total. The molecule has 1 aromatic rings. The number of aliphatic hydroxyl groups excluding tert-OH is 2. The van der Waals surface area contributed by atoms with Crippen LogP contribution in [0, 0.1) is 0 Å². The highest BCUT2D eigenvalue weighted by Gasteiger charge is 2.24. The van der Waals surface area contributed by atoms with E-state index in [0.29, 0.717) is 6.54 Å². The van der Waals surface area contributed by atoms with Crippen molar-refractivity contribution in [1.29, 1.82) is 0 Å². The number of ether oxygens (including phenoxy) is 2. The molecular formula is C14H21NO4. The first-order chi connectivity index (χ1) is 9.06. The molecule has 1 aliphatic rings. The first-order valence-corrected chi connectivity index (χ1v) is 6.42. The molecule has 0 aromatic heterocycles. The first kappa shape index (κ1) is 14.1. The van der Waals surface area contributed by atoms with E-state index in [1.165, 1.54) is 0 Å². The van der Waals surface area contributed by atoms with Crippen LogP contribution in [0.1, 0.15) is 19.4 Å². The highest BCUT2D eigenvalue weighted by Crippen LogP contribution is 2.36. The van der Waals surface area contributed by atoms with Crippen molar-refractivity contribution in [2.24, 2.45) is 0 Å². The second-order valence-electron chi connectivity index (χ2n) is 5.39. The summed E-state index contributed by atoms with van der Waals surface area (Å²) < 4.78 is 10.7. The number of hydrogen-bond acceptors (Lipinski definition) is 5. The van der Waals surface area contributed by atoms with Gasteiger partial charge in [-0.3, -0.25) is 0 Å². The molecule has 0 saturated carbocycles. The van der Waals surface area contributed by atoms with E-state index in [9.17, 15) is 0 Å². The Balaban J connectivity index is 2.06. The Bertz CT molecular complexity index is 429. The van der Waals surface area contributed by atoms with E-state index in [0.717, 1.165) is 17.1 Å². The van der Waals surface area contributed by atoms with E-state index in [1.54, 1.807) is 0 Å². The normalized spacial score (nSPS) is 14.2. The largest absolute Gasteiger partial charge is 0.454 e. The van der Waals surface area contributed by atoms with Gasteiger partial charge in [0.05, 0.1) is 19.3 Å². The SMILES string of the molecule is CC(C)(CNC(CO)CO)c1ccc2c(c1)OCO2. The molecule has 5 heteroatoms. The molecule has 106 valence electrons. The van der Waals surface area contributed by atoms with Gasteiger partial charge in [-0.2, -0.15) is 0 Å². The lowest BCUT2D eigenvalue weighted by molar-refractivity contribution is 0.166. The van der Waals surface area contributed by atoms with Gasteiger partial charge in [-0.05, 0) is 17.7 Å². The average Bonchev–Trinajstić information content (AvgIpc) is 2.87. The number of hydrogen-bond donors (Lipinski definition) is 3. The summed E-state index contributed by atoms with van der Waals surface area (Å²) in [6.07, 6.45) is 0. The summed E-state index contributed by atoms with van der Waals surface area (Å²) in [6, 6.07) is 5.63. The highest BCUT2D eigenvalue weighted by molar-refractivity contribution is 5.46. The molecule has 1 aromatic carbocycles. The third kappa shape index (κ3) is 3.18. The minimum absolute atomic E-state index is 0.0757. The molecule has 0 fully saturated rings. The van der Waals surface area contributed by atoms with Crippen molar-refractivity contribution in [2.75, 3.05) is 26.6 Å². The molecule has 0 amide bonds. The Morgan fingerprint density at radius 2 is 1.89 bits per heavy atom. The van der Waals surface area contributed by atoms with E-state index < -0.39 is 0 Å². The van der Waals surface area contributed by atoms with Crippen LogP contribution in [-0.4, -0.2) is 42.8 Å².